The third kappa shape index (κ3) is 2.96. The van der Waals surface area contributed by atoms with Crippen LogP contribution in [0, 0.1) is 11.3 Å². The van der Waals surface area contributed by atoms with E-state index in [0.29, 0.717) is 6.54 Å². The van der Waals surface area contributed by atoms with E-state index in [1.165, 1.54) is 0 Å². The van der Waals surface area contributed by atoms with Gasteiger partial charge in [-0.25, -0.2) is 8.42 Å². The van der Waals surface area contributed by atoms with Crippen molar-refractivity contribution in [1.29, 1.82) is 5.26 Å². The Morgan fingerprint density at radius 1 is 1.57 bits per heavy atom. The van der Waals surface area contributed by atoms with Crippen LogP contribution in [0.1, 0.15) is 19.8 Å². The van der Waals surface area contributed by atoms with Gasteiger partial charge in [-0.3, -0.25) is 4.90 Å². The number of hydrogen-bond donors (Lipinski definition) is 0. The van der Waals surface area contributed by atoms with Crippen molar-refractivity contribution >= 4 is 9.84 Å². The van der Waals surface area contributed by atoms with Crippen LogP contribution in [0.15, 0.2) is 0 Å². The summed E-state index contributed by atoms with van der Waals surface area (Å²) < 4.78 is 22.5. The van der Waals surface area contributed by atoms with Crippen molar-refractivity contribution in [2.75, 3.05) is 24.6 Å². The second kappa shape index (κ2) is 4.76. The lowest BCUT2D eigenvalue weighted by Crippen LogP contribution is -2.33. The summed E-state index contributed by atoms with van der Waals surface area (Å²) >= 11 is 0. The number of nitrogens with zero attached hydrogens (tertiary/aromatic N) is 2. The van der Waals surface area contributed by atoms with Gasteiger partial charge >= 0.3 is 0 Å². The van der Waals surface area contributed by atoms with Crippen molar-refractivity contribution in [3.63, 3.8) is 0 Å². The summed E-state index contributed by atoms with van der Waals surface area (Å²) in [5.74, 6) is 0.375. The van der Waals surface area contributed by atoms with Gasteiger partial charge in [-0.1, -0.05) is 6.92 Å². The Bertz CT molecular complexity index is 318. The molecule has 0 aromatic rings. The van der Waals surface area contributed by atoms with Gasteiger partial charge in [-0.2, -0.15) is 5.26 Å². The minimum Gasteiger partial charge on any atom is -0.287 e. The predicted octanol–water partition coefficient (Wildman–Crippen LogP) is 0.409. The van der Waals surface area contributed by atoms with Gasteiger partial charge in [0.05, 0.1) is 17.9 Å². The minimum absolute atomic E-state index is 0.0675. The molecular formula is C9H16N2O2S. The molecule has 0 aromatic carbocycles. The molecule has 80 valence electrons. The third-order valence-electron chi connectivity index (χ3n) is 2.64. The highest BCUT2D eigenvalue weighted by Crippen LogP contribution is 2.15. The predicted molar refractivity (Wildman–Crippen MR) is 54.5 cm³/mol. The van der Waals surface area contributed by atoms with Crippen LogP contribution >= 0.6 is 0 Å². The first kappa shape index (κ1) is 11.5. The molecule has 1 rings (SSSR count). The molecule has 1 heterocycles. The molecule has 0 bridgehead atoms. The Kier molecular flexibility index (Phi) is 3.90. The smallest absolute Gasteiger partial charge is 0.151 e. The molecule has 1 atom stereocenters. The molecule has 0 amide bonds. The van der Waals surface area contributed by atoms with E-state index >= 15 is 0 Å². The average molecular weight is 216 g/mol. The van der Waals surface area contributed by atoms with Gasteiger partial charge in [0.15, 0.2) is 9.84 Å². The molecule has 1 aliphatic heterocycles. The fraction of sp³-hybridized carbons (Fsp3) is 0.889. The van der Waals surface area contributed by atoms with E-state index in [1.54, 1.807) is 6.92 Å². The molecule has 0 spiro atoms. The van der Waals surface area contributed by atoms with Crippen molar-refractivity contribution in [2.24, 2.45) is 0 Å². The summed E-state index contributed by atoms with van der Waals surface area (Å²) in [5, 5.41) is 8.78. The van der Waals surface area contributed by atoms with Crippen molar-refractivity contribution < 1.29 is 8.42 Å². The van der Waals surface area contributed by atoms with Gasteiger partial charge in [0.2, 0.25) is 0 Å². The first-order valence-corrected chi connectivity index (χ1v) is 6.75. The standard InChI is InChI=1S/C9H16N2O2S/c1-2-14(12,13)7-6-11-5-3-4-9(11)8-10/h9H,2-7H2,1H3. The number of rotatable bonds is 4. The van der Waals surface area contributed by atoms with Crippen LogP contribution in [-0.4, -0.2) is 44.0 Å². The second-order valence-corrected chi connectivity index (χ2v) is 6.03. The molecule has 0 saturated carbocycles. The Morgan fingerprint density at radius 2 is 2.29 bits per heavy atom. The van der Waals surface area contributed by atoms with E-state index in [0.717, 1.165) is 19.4 Å². The summed E-state index contributed by atoms with van der Waals surface area (Å²) in [5.41, 5.74) is 0. The second-order valence-electron chi connectivity index (χ2n) is 3.56. The van der Waals surface area contributed by atoms with Crippen LogP contribution in [0.4, 0.5) is 0 Å². The molecule has 0 aliphatic carbocycles. The van der Waals surface area contributed by atoms with Gasteiger partial charge in [-0.05, 0) is 19.4 Å². The van der Waals surface area contributed by atoms with E-state index in [4.69, 9.17) is 5.26 Å². The van der Waals surface area contributed by atoms with Gasteiger partial charge < -0.3 is 0 Å². The SMILES string of the molecule is CCS(=O)(=O)CCN1CCCC1C#N. The first-order valence-electron chi connectivity index (χ1n) is 4.93. The normalized spacial score (nSPS) is 23.6. The zero-order valence-electron chi connectivity index (χ0n) is 8.44. The lowest BCUT2D eigenvalue weighted by molar-refractivity contribution is 0.312. The van der Waals surface area contributed by atoms with Gasteiger partial charge in [-0.15, -0.1) is 0 Å². The van der Waals surface area contributed by atoms with Crippen molar-refractivity contribution in [3.05, 3.63) is 0 Å². The molecule has 14 heavy (non-hydrogen) atoms. The lowest BCUT2D eigenvalue weighted by Gasteiger charge is -2.18. The van der Waals surface area contributed by atoms with E-state index in [2.05, 4.69) is 6.07 Å². The highest BCUT2D eigenvalue weighted by atomic mass is 32.2. The largest absolute Gasteiger partial charge is 0.287 e. The van der Waals surface area contributed by atoms with Crippen LogP contribution in [0.25, 0.3) is 0 Å². The van der Waals surface area contributed by atoms with Crippen molar-refractivity contribution in [1.82, 2.24) is 4.90 Å². The van der Waals surface area contributed by atoms with Crippen LogP contribution in [0.3, 0.4) is 0 Å². The summed E-state index contributed by atoms with van der Waals surface area (Å²) in [6, 6.07) is 2.13. The number of hydrogen-bond acceptors (Lipinski definition) is 4. The van der Waals surface area contributed by atoms with Crippen molar-refractivity contribution in [2.45, 2.75) is 25.8 Å². The average Bonchev–Trinajstić information content (AvgIpc) is 2.62. The maximum absolute atomic E-state index is 11.2. The van der Waals surface area contributed by atoms with Gasteiger partial charge in [0, 0.05) is 12.3 Å². The number of nitriles is 1. The number of sulfone groups is 1. The third-order valence-corrected chi connectivity index (χ3v) is 4.33. The molecule has 5 heteroatoms. The quantitative estimate of drug-likeness (QED) is 0.683. The van der Waals surface area contributed by atoms with E-state index < -0.39 is 9.84 Å². The Hall–Kier alpha value is -0.600. The van der Waals surface area contributed by atoms with Gasteiger partial charge in [0.1, 0.15) is 0 Å². The Morgan fingerprint density at radius 3 is 2.86 bits per heavy atom. The summed E-state index contributed by atoms with van der Waals surface area (Å²) in [7, 11) is -2.89. The minimum atomic E-state index is -2.89. The van der Waals surface area contributed by atoms with Crippen molar-refractivity contribution in [3.8, 4) is 6.07 Å². The van der Waals surface area contributed by atoms with E-state index in [1.807, 2.05) is 4.90 Å². The lowest BCUT2D eigenvalue weighted by atomic mass is 10.2. The molecule has 1 unspecified atom stereocenters. The highest BCUT2D eigenvalue weighted by molar-refractivity contribution is 7.91. The molecule has 0 radical (unpaired) electrons. The van der Waals surface area contributed by atoms with Crippen LogP contribution < -0.4 is 0 Å². The summed E-state index contributed by atoms with van der Waals surface area (Å²) in [6.45, 7) is 3.02. The topological polar surface area (TPSA) is 61.2 Å². The fourth-order valence-corrected chi connectivity index (χ4v) is 2.44. The Balaban J connectivity index is 2.43. The van der Waals surface area contributed by atoms with E-state index in [9.17, 15) is 8.42 Å². The number of likely N-dealkylation sites (tertiary alicyclic amines) is 1. The Labute approximate surface area is 85.4 Å². The zero-order chi connectivity index (χ0) is 10.6. The van der Waals surface area contributed by atoms with Crippen LogP contribution in [-0.2, 0) is 9.84 Å². The fourth-order valence-electron chi connectivity index (χ4n) is 1.64. The van der Waals surface area contributed by atoms with Crippen LogP contribution in [0.2, 0.25) is 0 Å². The summed E-state index contributed by atoms with van der Waals surface area (Å²) in [4.78, 5) is 1.97. The molecule has 0 aromatic heterocycles. The maximum Gasteiger partial charge on any atom is 0.151 e. The molecule has 1 aliphatic rings. The molecule has 1 fully saturated rings. The van der Waals surface area contributed by atoms with E-state index in [-0.39, 0.29) is 17.5 Å². The van der Waals surface area contributed by atoms with Crippen LogP contribution in [0.5, 0.6) is 0 Å². The van der Waals surface area contributed by atoms with Gasteiger partial charge in [0.25, 0.3) is 0 Å². The summed E-state index contributed by atoms with van der Waals surface area (Å²) in [6.07, 6.45) is 1.88. The molecule has 1 saturated heterocycles. The maximum atomic E-state index is 11.2. The first-order chi connectivity index (χ1) is 6.59. The monoisotopic (exact) mass is 216 g/mol. The highest BCUT2D eigenvalue weighted by Gasteiger charge is 2.24. The molecule has 0 N–H and O–H groups in total. The molecular weight excluding hydrogens is 200 g/mol. The molecule has 4 nitrogen and oxygen atoms in total. The zero-order valence-corrected chi connectivity index (χ0v) is 9.26.